The number of carbonyl (C=O) groups is 3. The van der Waals surface area contributed by atoms with E-state index in [-0.39, 0.29) is 30.7 Å². The summed E-state index contributed by atoms with van der Waals surface area (Å²) in [5, 5.41) is 0. The lowest BCUT2D eigenvalue weighted by Gasteiger charge is -2.24. The predicted molar refractivity (Wildman–Crippen MR) is 91.3 cm³/mol. The number of hydrogen-bond acceptors (Lipinski definition) is 5. The van der Waals surface area contributed by atoms with Crippen molar-refractivity contribution >= 4 is 35.1 Å². The van der Waals surface area contributed by atoms with Crippen LogP contribution in [0.4, 0.5) is 5.69 Å². The second kappa shape index (κ2) is 8.26. The van der Waals surface area contributed by atoms with Gasteiger partial charge < -0.3 is 4.74 Å². The highest BCUT2D eigenvalue weighted by molar-refractivity contribution is 6.22. The van der Waals surface area contributed by atoms with Crippen LogP contribution in [0.25, 0.3) is 0 Å². The van der Waals surface area contributed by atoms with Crippen LogP contribution in [0.5, 0.6) is 0 Å². The highest BCUT2D eigenvalue weighted by atomic mass is 35.5. The predicted octanol–water partition coefficient (Wildman–Crippen LogP) is 2.06. The quantitative estimate of drug-likeness (QED) is 0.427. The van der Waals surface area contributed by atoms with Crippen LogP contribution >= 0.6 is 11.6 Å². The minimum absolute atomic E-state index is 0.136. The van der Waals surface area contributed by atoms with Gasteiger partial charge in [0, 0.05) is 0 Å². The zero-order chi connectivity index (χ0) is 17.7. The Kier molecular flexibility index (Phi) is 6.34. The monoisotopic (exact) mass is 352 g/mol. The van der Waals surface area contributed by atoms with E-state index in [1.807, 2.05) is 18.7 Å². The van der Waals surface area contributed by atoms with E-state index < -0.39 is 12.0 Å². The number of imide groups is 1. The third kappa shape index (κ3) is 3.76. The first-order chi connectivity index (χ1) is 11.5. The summed E-state index contributed by atoms with van der Waals surface area (Å²) in [6.45, 7) is 5.48. The molecule has 1 saturated heterocycles. The number of carbonyl (C=O) groups excluding carboxylic acids is 3. The molecule has 1 aliphatic heterocycles. The fourth-order valence-electron chi connectivity index (χ4n) is 2.80. The van der Waals surface area contributed by atoms with E-state index in [0.717, 1.165) is 0 Å². The number of ether oxygens (including phenoxy) is 1. The Morgan fingerprint density at radius 2 is 1.88 bits per heavy atom. The number of alkyl halides is 1. The van der Waals surface area contributed by atoms with Gasteiger partial charge in [-0.05, 0) is 37.4 Å². The molecule has 0 aromatic heterocycles. The number of anilines is 1. The minimum atomic E-state index is -0.484. The molecule has 0 N–H and O–H groups in total. The zero-order valence-corrected chi connectivity index (χ0v) is 14.6. The van der Waals surface area contributed by atoms with E-state index in [2.05, 4.69) is 0 Å². The highest BCUT2D eigenvalue weighted by Crippen LogP contribution is 2.26. The first-order valence-electron chi connectivity index (χ1n) is 7.97. The summed E-state index contributed by atoms with van der Waals surface area (Å²) in [4.78, 5) is 39.8. The first kappa shape index (κ1) is 18.4. The Labute approximate surface area is 146 Å². The van der Waals surface area contributed by atoms with E-state index in [9.17, 15) is 14.4 Å². The van der Waals surface area contributed by atoms with Crippen LogP contribution in [-0.2, 0) is 14.3 Å². The van der Waals surface area contributed by atoms with Crippen molar-refractivity contribution in [2.45, 2.75) is 26.3 Å². The second-order valence-corrected chi connectivity index (χ2v) is 5.76. The summed E-state index contributed by atoms with van der Waals surface area (Å²) in [6, 6.07) is 5.82. The van der Waals surface area contributed by atoms with Crippen LogP contribution in [0.15, 0.2) is 24.3 Å². The van der Waals surface area contributed by atoms with Crippen LogP contribution in [0, 0.1) is 0 Å². The van der Waals surface area contributed by atoms with E-state index in [4.69, 9.17) is 16.3 Å². The van der Waals surface area contributed by atoms with Crippen molar-refractivity contribution in [2.75, 3.05) is 30.5 Å². The SMILES string of the molecule is CCN(CC)C1CC(=O)N(c2ccc(C(=O)OCCCl)cc2)C1=O. The molecule has 1 aromatic rings. The molecule has 1 heterocycles. The van der Waals surface area contributed by atoms with Gasteiger partial charge in [-0.25, -0.2) is 9.69 Å². The Morgan fingerprint density at radius 1 is 1.25 bits per heavy atom. The van der Waals surface area contributed by atoms with Gasteiger partial charge in [-0.3, -0.25) is 14.5 Å². The van der Waals surface area contributed by atoms with Gasteiger partial charge in [-0.2, -0.15) is 0 Å². The van der Waals surface area contributed by atoms with E-state index in [1.165, 1.54) is 17.0 Å². The lowest BCUT2D eigenvalue weighted by atomic mass is 10.2. The molecule has 0 bridgehead atoms. The van der Waals surface area contributed by atoms with Crippen molar-refractivity contribution in [3.8, 4) is 0 Å². The van der Waals surface area contributed by atoms with Crippen LogP contribution in [0.1, 0.15) is 30.6 Å². The number of halogens is 1. The van der Waals surface area contributed by atoms with Gasteiger partial charge in [0.1, 0.15) is 6.61 Å². The lowest BCUT2D eigenvalue weighted by Crippen LogP contribution is -2.42. The van der Waals surface area contributed by atoms with Crippen molar-refractivity contribution < 1.29 is 19.1 Å². The minimum Gasteiger partial charge on any atom is -0.461 e. The Hall–Kier alpha value is -1.92. The van der Waals surface area contributed by atoms with Crippen LogP contribution in [0.2, 0.25) is 0 Å². The molecule has 7 heteroatoms. The fourth-order valence-corrected chi connectivity index (χ4v) is 2.88. The second-order valence-electron chi connectivity index (χ2n) is 5.38. The lowest BCUT2D eigenvalue weighted by molar-refractivity contribution is -0.122. The van der Waals surface area contributed by atoms with Crippen molar-refractivity contribution in [3.63, 3.8) is 0 Å². The number of rotatable bonds is 7. The molecule has 0 radical (unpaired) electrons. The van der Waals surface area contributed by atoms with Crippen molar-refractivity contribution in [1.82, 2.24) is 4.90 Å². The van der Waals surface area contributed by atoms with Crippen LogP contribution in [0.3, 0.4) is 0 Å². The number of hydrogen-bond donors (Lipinski definition) is 0. The molecule has 1 unspecified atom stereocenters. The van der Waals surface area contributed by atoms with Gasteiger partial charge in [0.15, 0.2) is 0 Å². The van der Waals surface area contributed by atoms with Gasteiger partial charge >= 0.3 is 5.97 Å². The topological polar surface area (TPSA) is 66.9 Å². The molecular weight excluding hydrogens is 332 g/mol. The maximum atomic E-state index is 12.6. The maximum absolute atomic E-state index is 12.6. The molecule has 1 aromatic carbocycles. The molecule has 6 nitrogen and oxygen atoms in total. The number of nitrogens with zero attached hydrogens (tertiary/aromatic N) is 2. The van der Waals surface area contributed by atoms with E-state index in [1.54, 1.807) is 12.1 Å². The van der Waals surface area contributed by atoms with Crippen molar-refractivity contribution in [2.24, 2.45) is 0 Å². The summed E-state index contributed by atoms with van der Waals surface area (Å²) < 4.78 is 4.94. The smallest absolute Gasteiger partial charge is 0.338 e. The summed E-state index contributed by atoms with van der Waals surface area (Å²) in [5.74, 6) is -0.703. The standard InChI is InChI=1S/C17H21ClN2O4/c1-3-19(4-2)14-11-15(21)20(16(14)22)13-7-5-12(6-8-13)17(23)24-10-9-18/h5-8,14H,3-4,9-11H2,1-2H3. The molecule has 130 valence electrons. The third-order valence-corrected chi connectivity index (χ3v) is 4.20. The Morgan fingerprint density at radius 3 is 2.42 bits per heavy atom. The van der Waals surface area contributed by atoms with Crippen molar-refractivity contribution in [1.29, 1.82) is 0 Å². The average Bonchev–Trinajstić information content (AvgIpc) is 2.88. The van der Waals surface area contributed by atoms with Crippen LogP contribution < -0.4 is 4.90 Å². The highest BCUT2D eigenvalue weighted by Gasteiger charge is 2.41. The number of esters is 1. The zero-order valence-electron chi connectivity index (χ0n) is 13.8. The van der Waals surface area contributed by atoms with Crippen LogP contribution in [-0.4, -0.2) is 54.3 Å². The molecule has 0 saturated carbocycles. The van der Waals surface area contributed by atoms with Gasteiger partial charge in [-0.1, -0.05) is 13.8 Å². The molecule has 0 aliphatic carbocycles. The maximum Gasteiger partial charge on any atom is 0.338 e. The summed E-state index contributed by atoms with van der Waals surface area (Å²) in [7, 11) is 0. The van der Waals surface area contributed by atoms with Gasteiger partial charge in [0.25, 0.3) is 5.91 Å². The van der Waals surface area contributed by atoms with Gasteiger partial charge in [-0.15, -0.1) is 11.6 Å². The van der Waals surface area contributed by atoms with Gasteiger partial charge in [0.2, 0.25) is 5.91 Å². The number of likely N-dealkylation sites (N-methyl/N-ethyl adjacent to an activating group) is 1. The molecule has 2 amide bonds. The van der Waals surface area contributed by atoms with Gasteiger partial charge in [0.05, 0.1) is 29.6 Å². The Balaban J connectivity index is 2.15. The third-order valence-electron chi connectivity index (χ3n) is 4.05. The number of benzene rings is 1. The normalized spacial score (nSPS) is 17.7. The van der Waals surface area contributed by atoms with E-state index in [0.29, 0.717) is 24.3 Å². The Bertz CT molecular complexity index is 614. The van der Waals surface area contributed by atoms with Crippen molar-refractivity contribution in [3.05, 3.63) is 29.8 Å². The molecule has 1 atom stereocenters. The largest absolute Gasteiger partial charge is 0.461 e. The summed E-state index contributed by atoms with van der Waals surface area (Å²) >= 11 is 5.48. The average molecular weight is 353 g/mol. The fraction of sp³-hybridized carbons (Fsp3) is 0.471. The summed E-state index contributed by atoms with van der Waals surface area (Å²) in [5.41, 5.74) is 0.816. The molecule has 0 spiro atoms. The molecule has 1 aliphatic rings. The molecular formula is C17H21ClN2O4. The molecule has 2 rings (SSSR count). The van der Waals surface area contributed by atoms with E-state index >= 15 is 0 Å². The number of amides is 2. The first-order valence-corrected chi connectivity index (χ1v) is 8.50. The molecule has 1 fully saturated rings. The summed E-state index contributed by atoms with van der Waals surface area (Å²) in [6.07, 6.45) is 0.181. The molecule has 24 heavy (non-hydrogen) atoms.